The molecule has 0 heterocycles. The number of rotatable bonds is 7. The molecule has 1 aromatic carbocycles. The normalized spacial score (nSPS) is 33.5. The molecule has 0 unspecified atom stereocenters. The highest BCUT2D eigenvalue weighted by molar-refractivity contribution is 5.92. The van der Waals surface area contributed by atoms with Crippen LogP contribution in [-0.4, -0.2) is 35.6 Å². The van der Waals surface area contributed by atoms with Gasteiger partial charge in [0.25, 0.3) is 5.69 Å². The van der Waals surface area contributed by atoms with Gasteiger partial charge in [-0.3, -0.25) is 24.5 Å². The maximum atomic E-state index is 13.3. The minimum Gasteiger partial charge on any atom is -0.354 e. The van der Waals surface area contributed by atoms with Gasteiger partial charge < -0.3 is 10.6 Å². The minimum atomic E-state index is -0.471. The van der Waals surface area contributed by atoms with E-state index in [1.807, 2.05) is 6.08 Å². The summed E-state index contributed by atoms with van der Waals surface area (Å²) in [5.74, 6) is 1.82. The van der Waals surface area contributed by atoms with E-state index in [1.165, 1.54) is 29.9 Å². The Kier molecular flexibility index (Phi) is 7.49. The number of amides is 2. The molecule has 5 rings (SSSR count). The van der Waals surface area contributed by atoms with Crippen LogP contribution in [0, 0.1) is 44.6 Å². The largest absolute Gasteiger partial charge is 0.354 e. The van der Waals surface area contributed by atoms with Gasteiger partial charge in [0.15, 0.2) is 5.78 Å². The van der Waals surface area contributed by atoms with Crippen molar-refractivity contribution in [3.05, 3.63) is 57.7 Å². The van der Waals surface area contributed by atoms with E-state index in [0.717, 1.165) is 44.9 Å². The molecule has 6 atom stereocenters. The molecule has 39 heavy (non-hydrogen) atoms. The fraction of sp³-hybridized carbons (Fsp3) is 0.581. The predicted molar refractivity (Wildman–Crippen MR) is 148 cm³/mol. The molecule has 2 N–H and O–H groups in total. The van der Waals surface area contributed by atoms with Crippen molar-refractivity contribution in [1.82, 2.24) is 10.6 Å². The molecule has 3 fully saturated rings. The first kappa shape index (κ1) is 27.3. The maximum absolute atomic E-state index is 13.3. The van der Waals surface area contributed by atoms with Crippen molar-refractivity contribution in [1.29, 1.82) is 0 Å². The zero-order valence-electron chi connectivity index (χ0n) is 22.9. The maximum Gasteiger partial charge on any atom is 0.270 e. The third-order valence-electron chi connectivity index (χ3n) is 10.5. The SMILES string of the molecule is C[C@]12CC[C@H]3[C@@H](CCC4=CC(=O)CC[C@@]43C)[C@@H]1CC[C@@H]2C(=O)NCCNC(=O)/C=C/c1cccc([N+](=O)[O-])c1. The fourth-order valence-corrected chi connectivity index (χ4v) is 8.46. The molecule has 8 heteroatoms. The highest BCUT2D eigenvalue weighted by Gasteiger charge is 2.60. The van der Waals surface area contributed by atoms with Gasteiger partial charge in [-0.05, 0) is 91.2 Å². The zero-order chi connectivity index (χ0) is 27.8. The number of hydrogen-bond donors (Lipinski definition) is 2. The Bertz CT molecular complexity index is 1240. The average molecular weight is 534 g/mol. The van der Waals surface area contributed by atoms with Crippen LogP contribution < -0.4 is 10.6 Å². The second kappa shape index (κ2) is 10.7. The Morgan fingerprint density at radius 2 is 1.85 bits per heavy atom. The van der Waals surface area contributed by atoms with Crippen LogP contribution in [0.5, 0.6) is 0 Å². The number of fused-ring (bicyclic) bond motifs is 5. The topological polar surface area (TPSA) is 118 Å². The van der Waals surface area contributed by atoms with E-state index in [1.54, 1.807) is 12.1 Å². The van der Waals surface area contributed by atoms with E-state index < -0.39 is 4.92 Å². The van der Waals surface area contributed by atoms with Crippen LogP contribution in [0.2, 0.25) is 0 Å². The van der Waals surface area contributed by atoms with Crippen LogP contribution >= 0.6 is 0 Å². The number of nitrogens with one attached hydrogen (secondary N) is 2. The van der Waals surface area contributed by atoms with Crippen molar-refractivity contribution in [2.24, 2.45) is 34.5 Å². The van der Waals surface area contributed by atoms with Gasteiger partial charge in [0, 0.05) is 43.6 Å². The van der Waals surface area contributed by atoms with Crippen LogP contribution in [0.1, 0.15) is 70.8 Å². The average Bonchev–Trinajstić information content (AvgIpc) is 3.27. The van der Waals surface area contributed by atoms with Crippen LogP contribution in [0.15, 0.2) is 42.0 Å². The fourth-order valence-electron chi connectivity index (χ4n) is 8.46. The van der Waals surface area contributed by atoms with Crippen molar-refractivity contribution < 1.29 is 19.3 Å². The highest BCUT2D eigenvalue weighted by atomic mass is 16.6. The molecular formula is C31H39N3O5. The van der Waals surface area contributed by atoms with Crippen molar-refractivity contribution in [2.45, 2.75) is 65.2 Å². The number of benzene rings is 1. The van der Waals surface area contributed by atoms with E-state index in [2.05, 4.69) is 24.5 Å². The molecule has 208 valence electrons. The number of hydrogen-bond acceptors (Lipinski definition) is 5. The highest BCUT2D eigenvalue weighted by Crippen LogP contribution is 2.66. The second-order valence-electron chi connectivity index (χ2n) is 12.4. The van der Waals surface area contributed by atoms with E-state index in [-0.39, 0.29) is 40.0 Å². The van der Waals surface area contributed by atoms with Crippen molar-refractivity contribution >= 4 is 29.4 Å². The number of non-ortho nitro benzene ring substituents is 1. The van der Waals surface area contributed by atoms with E-state index in [4.69, 9.17) is 0 Å². The molecule has 8 nitrogen and oxygen atoms in total. The lowest BCUT2D eigenvalue weighted by Gasteiger charge is -2.58. The first-order valence-electron chi connectivity index (χ1n) is 14.3. The number of carbonyl (C=O) groups excluding carboxylic acids is 3. The lowest BCUT2D eigenvalue weighted by Crippen LogP contribution is -2.52. The molecule has 0 saturated heterocycles. The summed E-state index contributed by atoms with van der Waals surface area (Å²) in [6, 6.07) is 6.08. The molecule has 0 aliphatic heterocycles. The number of nitro benzene ring substituents is 1. The number of allylic oxidation sites excluding steroid dienone is 1. The second-order valence-corrected chi connectivity index (χ2v) is 12.4. The smallest absolute Gasteiger partial charge is 0.270 e. The summed E-state index contributed by atoms with van der Waals surface area (Å²) in [6.45, 7) is 5.38. The first-order valence-corrected chi connectivity index (χ1v) is 14.3. The Balaban J connectivity index is 1.12. The van der Waals surface area contributed by atoms with Crippen LogP contribution in [0.3, 0.4) is 0 Å². The summed E-state index contributed by atoms with van der Waals surface area (Å²) in [5, 5.41) is 16.7. The van der Waals surface area contributed by atoms with Gasteiger partial charge in [-0.15, -0.1) is 0 Å². The number of carbonyl (C=O) groups is 3. The lowest BCUT2D eigenvalue weighted by molar-refractivity contribution is -0.384. The zero-order valence-corrected chi connectivity index (χ0v) is 22.9. The number of nitro groups is 1. The molecule has 0 spiro atoms. The molecule has 2 amide bonds. The van der Waals surface area contributed by atoms with Crippen molar-refractivity contribution in [3.63, 3.8) is 0 Å². The van der Waals surface area contributed by atoms with Gasteiger partial charge in [-0.25, -0.2) is 0 Å². The molecule has 4 aliphatic carbocycles. The third kappa shape index (κ3) is 5.18. The first-order chi connectivity index (χ1) is 18.6. The van der Waals surface area contributed by atoms with Gasteiger partial charge in [-0.1, -0.05) is 31.6 Å². The summed E-state index contributed by atoms with van der Waals surface area (Å²) in [5.41, 5.74) is 2.06. The minimum absolute atomic E-state index is 0.00239. The molecular weight excluding hydrogens is 494 g/mol. The molecule has 0 radical (unpaired) electrons. The molecule has 3 saturated carbocycles. The summed E-state index contributed by atoms with van der Waals surface area (Å²) in [4.78, 5) is 48.0. The summed E-state index contributed by atoms with van der Waals surface area (Å²) >= 11 is 0. The van der Waals surface area contributed by atoms with E-state index in [0.29, 0.717) is 42.8 Å². The summed E-state index contributed by atoms with van der Waals surface area (Å²) < 4.78 is 0. The predicted octanol–water partition coefficient (Wildman–Crippen LogP) is 4.99. The Morgan fingerprint density at radius 1 is 1.05 bits per heavy atom. The van der Waals surface area contributed by atoms with Gasteiger partial charge in [0.1, 0.15) is 0 Å². The van der Waals surface area contributed by atoms with Crippen molar-refractivity contribution in [2.75, 3.05) is 13.1 Å². The molecule has 4 aliphatic rings. The van der Waals surface area contributed by atoms with Crippen molar-refractivity contribution in [3.8, 4) is 0 Å². The summed E-state index contributed by atoms with van der Waals surface area (Å²) in [7, 11) is 0. The molecule has 0 bridgehead atoms. The van der Waals surface area contributed by atoms with Gasteiger partial charge >= 0.3 is 0 Å². The number of ketones is 1. The van der Waals surface area contributed by atoms with Gasteiger partial charge in [0.2, 0.25) is 11.8 Å². The lowest BCUT2D eigenvalue weighted by atomic mass is 9.47. The quantitative estimate of drug-likeness (QED) is 0.222. The van der Waals surface area contributed by atoms with E-state index >= 15 is 0 Å². The third-order valence-corrected chi connectivity index (χ3v) is 10.5. The molecule has 0 aromatic heterocycles. The van der Waals surface area contributed by atoms with Crippen LogP contribution in [-0.2, 0) is 14.4 Å². The van der Waals surface area contributed by atoms with E-state index in [9.17, 15) is 24.5 Å². The summed E-state index contributed by atoms with van der Waals surface area (Å²) in [6.07, 6.45) is 12.8. The van der Waals surface area contributed by atoms with Crippen LogP contribution in [0.25, 0.3) is 6.08 Å². The Hall–Kier alpha value is -3.29. The van der Waals surface area contributed by atoms with Gasteiger partial charge in [-0.2, -0.15) is 0 Å². The monoisotopic (exact) mass is 533 g/mol. The van der Waals surface area contributed by atoms with Crippen LogP contribution in [0.4, 0.5) is 5.69 Å². The van der Waals surface area contributed by atoms with Gasteiger partial charge in [0.05, 0.1) is 4.92 Å². The Morgan fingerprint density at radius 3 is 2.64 bits per heavy atom. The number of nitrogens with zero attached hydrogens (tertiary/aromatic N) is 1. The standard InChI is InChI=1S/C31H39N3O5/c1-30-14-12-23(35)19-21(30)7-8-24-25-9-10-27(31(25,2)15-13-26(24)30)29(37)33-17-16-32-28(36)11-6-20-4-3-5-22(18-20)34(38)39/h3-6,11,18-19,24-27H,7-10,12-17H2,1-2H3,(H,32,36)(H,33,37)/b11-6+/t24-,25-,26-,27+,30-,31-/m0/s1. The molecule has 1 aromatic rings. The Labute approximate surface area is 229 Å².